The van der Waals surface area contributed by atoms with E-state index in [2.05, 4.69) is 20.5 Å². The number of aromatic nitrogens is 3. The van der Waals surface area contributed by atoms with Crippen LogP contribution in [0.15, 0.2) is 30.5 Å². The number of nitrogens with zero attached hydrogens (tertiary/aromatic N) is 3. The van der Waals surface area contributed by atoms with Gasteiger partial charge in [0.05, 0.1) is 18.4 Å². The fraction of sp³-hybridized carbons (Fsp3) is 0.400. The van der Waals surface area contributed by atoms with Gasteiger partial charge in [-0.05, 0) is 37.1 Å². The first-order valence-electron chi connectivity index (χ1n) is 6.96. The number of hydrogen-bond acceptors (Lipinski definition) is 5. The molecule has 1 saturated carbocycles. The molecule has 2 aromatic rings. The standard InChI is InChI=1S/C15H18N4O/c1-20-15-12(7-4-10-16-15)13-8-9-14(19-18-13)17-11-5-2-3-6-11/h4,7-11H,2-3,5-6H2,1H3,(H,17,19). The summed E-state index contributed by atoms with van der Waals surface area (Å²) in [4.78, 5) is 4.17. The number of rotatable bonds is 4. The van der Waals surface area contributed by atoms with Gasteiger partial charge in [-0.15, -0.1) is 10.2 Å². The molecular weight excluding hydrogens is 252 g/mol. The SMILES string of the molecule is COc1ncccc1-c1ccc(NC2CCCC2)nn1. The highest BCUT2D eigenvalue weighted by molar-refractivity contribution is 5.64. The Bertz CT molecular complexity index is 564. The molecule has 0 aliphatic heterocycles. The third kappa shape index (κ3) is 2.71. The molecule has 1 aliphatic carbocycles. The van der Waals surface area contributed by atoms with Crippen molar-refractivity contribution in [2.24, 2.45) is 0 Å². The first-order valence-corrected chi connectivity index (χ1v) is 6.96. The molecule has 0 atom stereocenters. The van der Waals surface area contributed by atoms with Gasteiger partial charge in [-0.1, -0.05) is 12.8 Å². The van der Waals surface area contributed by atoms with Gasteiger partial charge in [0.2, 0.25) is 5.88 Å². The molecule has 2 heterocycles. The first kappa shape index (κ1) is 12.8. The van der Waals surface area contributed by atoms with Crippen molar-refractivity contribution in [1.82, 2.24) is 15.2 Å². The van der Waals surface area contributed by atoms with E-state index in [0.717, 1.165) is 17.1 Å². The number of anilines is 1. The first-order chi connectivity index (χ1) is 9.86. The van der Waals surface area contributed by atoms with E-state index in [1.165, 1.54) is 25.7 Å². The van der Waals surface area contributed by atoms with E-state index < -0.39 is 0 Å². The molecular formula is C15H18N4O. The summed E-state index contributed by atoms with van der Waals surface area (Å²) in [5, 5.41) is 11.9. The van der Waals surface area contributed by atoms with Crippen LogP contribution in [0, 0.1) is 0 Å². The third-order valence-electron chi connectivity index (χ3n) is 3.61. The largest absolute Gasteiger partial charge is 0.481 e. The maximum atomic E-state index is 5.24. The van der Waals surface area contributed by atoms with Crippen molar-refractivity contribution in [2.45, 2.75) is 31.7 Å². The van der Waals surface area contributed by atoms with Gasteiger partial charge in [0.25, 0.3) is 0 Å². The summed E-state index contributed by atoms with van der Waals surface area (Å²) >= 11 is 0. The maximum Gasteiger partial charge on any atom is 0.222 e. The minimum absolute atomic E-state index is 0.545. The van der Waals surface area contributed by atoms with Crippen LogP contribution in [0.3, 0.4) is 0 Å². The van der Waals surface area contributed by atoms with Crippen molar-refractivity contribution in [3.63, 3.8) is 0 Å². The lowest BCUT2D eigenvalue weighted by Gasteiger charge is -2.12. The highest BCUT2D eigenvalue weighted by Gasteiger charge is 2.15. The van der Waals surface area contributed by atoms with E-state index in [1.807, 2.05) is 24.3 Å². The summed E-state index contributed by atoms with van der Waals surface area (Å²) in [6.45, 7) is 0. The molecule has 5 nitrogen and oxygen atoms in total. The molecule has 0 unspecified atom stereocenters. The average Bonchev–Trinajstić information content (AvgIpc) is 3.01. The van der Waals surface area contributed by atoms with Gasteiger partial charge < -0.3 is 10.1 Å². The predicted octanol–water partition coefficient (Wildman–Crippen LogP) is 2.90. The molecule has 20 heavy (non-hydrogen) atoms. The summed E-state index contributed by atoms with van der Waals surface area (Å²) in [5.74, 6) is 1.40. The van der Waals surface area contributed by atoms with Crippen molar-refractivity contribution in [3.8, 4) is 17.1 Å². The normalized spacial score (nSPS) is 15.2. The number of ether oxygens (including phenoxy) is 1. The van der Waals surface area contributed by atoms with Crippen LogP contribution in [-0.2, 0) is 0 Å². The van der Waals surface area contributed by atoms with Gasteiger partial charge in [-0.25, -0.2) is 4.98 Å². The smallest absolute Gasteiger partial charge is 0.222 e. The Morgan fingerprint density at radius 2 is 2.00 bits per heavy atom. The molecule has 3 rings (SSSR count). The second kappa shape index (κ2) is 5.86. The van der Waals surface area contributed by atoms with Crippen LogP contribution in [0.5, 0.6) is 5.88 Å². The Labute approximate surface area is 118 Å². The molecule has 0 aromatic carbocycles. The van der Waals surface area contributed by atoms with E-state index in [0.29, 0.717) is 11.9 Å². The fourth-order valence-electron chi connectivity index (χ4n) is 2.58. The van der Waals surface area contributed by atoms with Crippen LogP contribution >= 0.6 is 0 Å². The minimum atomic E-state index is 0.545. The number of nitrogens with one attached hydrogen (secondary N) is 1. The molecule has 1 N–H and O–H groups in total. The van der Waals surface area contributed by atoms with Crippen molar-refractivity contribution < 1.29 is 4.74 Å². The number of methoxy groups -OCH3 is 1. The van der Waals surface area contributed by atoms with Gasteiger partial charge in [-0.2, -0.15) is 0 Å². The highest BCUT2D eigenvalue weighted by Crippen LogP contribution is 2.26. The molecule has 0 radical (unpaired) electrons. The highest BCUT2D eigenvalue weighted by atomic mass is 16.5. The summed E-state index contributed by atoms with van der Waals surface area (Å²) in [5.41, 5.74) is 1.63. The van der Waals surface area contributed by atoms with Gasteiger partial charge in [0.1, 0.15) is 5.82 Å². The lowest BCUT2D eigenvalue weighted by molar-refractivity contribution is 0.399. The second-order valence-corrected chi connectivity index (χ2v) is 4.99. The summed E-state index contributed by atoms with van der Waals surface area (Å²) < 4.78 is 5.24. The minimum Gasteiger partial charge on any atom is -0.481 e. The lowest BCUT2D eigenvalue weighted by atomic mass is 10.2. The van der Waals surface area contributed by atoms with Gasteiger partial charge in [0.15, 0.2) is 0 Å². The predicted molar refractivity (Wildman–Crippen MR) is 77.7 cm³/mol. The molecule has 5 heteroatoms. The van der Waals surface area contributed by atoms with Crippen LogP contribution in [0.2, 0.25) is 0 Å². The molecule has 0 bridgehead atoms. The molecule has 0 saturated heterocycles. The number of pyridine rings is 1. The Kier molecular flexibility index (Phi) is 3.76. The van der Waals surface area contributed by atoms with Crippen LogP contribution in [0.1, 0.15) is 25.7 Å². The van der Waals surface area contributed by atoms with Crippen molar-refractivity contribution in [2.75, 3.05) is 12.4 Å². The van der Waals surface area contributed by atoms with E-state index in [4.69, 9.17) is 4.74 Å². The van der Waals surface area contributed by atoms with Gasteiger partial charge in [-0.3, -0.25) is 0 Å². The van der Waals surface area contributed by atoms with Gasteiger partial charge >= 0.3 is 0 Å². The van der Waals surface area contributed by atoms with E-state index in [1.54, 1.807) is 13.3 Å². The van der Waals surface area contributed by atoms with E-state index in [9.17, 15) is 0 Å². The van der Waals surface area contributed by atoms with Crippen LogP contribution in [0.4, 0.5) is 5.82 Å². The average molecular weight is 270 g/mol. The Morgan fingerprint density at radius 3 is 2.70 bits per heavy atom. The van der Waals surface area contributed by atoms with Crippen molar-refractivity contribution in [1.29, 1.82) is 0 Å². The zero-order chi connectivity index (χ0) is 13.8. The topological polar surface area (TPSA) is 59.9 Å². The second-order valence-electron chi connectivity index (χ2n) is 4.99. The van der Waals surface area contributed by atoms with Crippen LogP contribution in [0.25, 0.3) is 11.3 Å². The zero-order valence-electron chi connectivity index (χ0n) is 11.5. The fourth-order valence-corrected chi connectivity index (χ4v) is 2.58. The van der Waals surface area contributed by atoms with Crippen LogP contribution in [-0.4, -0.2) is 28.3 Å². The van der Waals surface area contributed by atoms with E-state index >= 15 is 0 Å². The van der Waals surface area contributed by atoms with E-state index in [-0.39, 0.29) is 0 Å². The summed E-state index contributed by atoms with van der Waals surface area (Å²) in [7, 11) is 1.61. The zero-order valence-corrected chi connectivity index (χ0v) is 11.5. The van der Waals surface area contributed by atoms with Crippen molar-refractivity contribution >= 4 is 5.82 Å². The molecule has 1 aliphatic rings. The van der Waals surface area contributed by atoms with Crippen molar-refractivity contribution in [3.05, 3.63) is 30.5 Å². The lowest BCUT2D eigenvalue weighted by Crippen LogP contribution is -2.15. The quantitative estimate of drug-likeness (QED) is 0.925. The Balaban J connectivity index is 1.78. The molecule has 1 fully saturated rings. The molecule has 0 amide bonds. The Morgan fingerprint density at radius 1 is 1.15 bits per heavy atom. The van der Waals surface area contributed by atoms with Gasteiger partial charge in [0, 0.05) is 12.2 Å². The van der Waals surface area contributed by atoms with Crippen LogP contribution < -0.4 is 10.1 Å². The maximum absolute atomic E-state index is 5.24. The Hall–Kier alpha value is -2.17. The molecule has 2 aromatic heterocycles. The summed E-state index contributed by atoms with van der Waals surface area (Å²) in [6.07, 6.45) is 6.75. The molecule has 104 valence electrons. The monoisotopic (exact) mass is 270 g/mol. The number of hydrogen-bond donors (Lipinski definition) is 1. The molecule has 0 spiro atoms. The third-order valence-corrected chi connectivity index (χ3v) is 3.61. The summed E-state index contributed by atoms with van der Waals surface area (Å²) in [6, 6.07) is 8.25.